The number of nitrogens with one attached hydrogen (secondary N) is 1. The molecule has 1 amide bonds. The molecule has 0 spiro atoms. The van der Waals surface area contributed by atoms with Crippen LogP contribution in [0.4, 0.5) is 5.69 Å². The van der Waals surface area contributed by atoms with E-state index in [1.165, 1.54) is 16.4 Å². The highest BCUT2D eigenvalue weighted by atomic mass is 79.9. The van der Waals surface area contributed by atoms with Crippen molar-refractivity contribution in [2.24, 2.45) is 0 Å². The van der Waals surface area contributed by atoms with Gasteiger partial charge >= 0.3 is 5.97 Å². The molecule has 0 aliphatic rings. The lowest BCUT2D eigenvalue weighted by atomic mass is 10.1. The summed E-state index contributed by atoms with van der Waals surface area (Å²) in [4.78, 5) is 23.7. The minimum Gasteiger partial charge on any atom is -0.456 e. The molecule has 0 saturated carbocycles. The highest BCUT2D eigenvalue weighted by molar-refractivity contribution is 9.10. The zero-order valence-electron chi connectivity index (χ0n) is 17.1. The lowest BCUT2D eigenvalue weighted by Gasteiger charge is -2.25. The minimum atomic E-state index is -3.91. The minimum absolute atomic E-state index is 0.112. The third-order valence-electron chi connectivity index (χ3n) is 4.15. The van der Waals surface area contributed by atoms with Crippen LogP contribution in [0.1, 0.15) is 24.5 Å². The second-order valence-electron chi connectivity index (χ2n) is 6.74. The van der Waals surface area contributed by atoms with Gasteiger partial charge in [-0.3, -0.25) is 13.9 Å². The predicted octanol–water partition coefficient (Wildman–Crippen LogP) is 3.33. The lowest BCUT2D eigenvalue weighted by Crippen LogP contribution is -2.34. The molecule has 162 valence electrons. The standard InChI is InChI=1S/C21H25BrN2O5S/c1-4-23-20(25)14-29-21(26)9-10-24(18-12-15(2)11-16(3)13-18)30(27,28)19-7-5-17(22)6-8-19/h5-8,11-13H,4,9-10,14H2,1-3H3,(H,23,25). The fourth-order valence-corrected chi connectivity index (χ4v) is 4.59. The predicted molar refractivity (Wildman–Crippen MR) is 119 cm³/mol. The van der Waals surface area contributed by atoms with Crippen molar-refractivity contribution in [3.63, 3.8) is 0 Å². The second-order valence-corrected chi connectivity index (χ2v) is 9.52. The van der Waals surface area contributed by atoms with Crippen molar-refractivity contribution in [3.05, 3.63) is 58.1 Å². The third-order valence-corrected chi connectivity index (χ3v) is 6.52. The normalized spacial score (nSPS) is 11.1. The average Bonchev–Trinajstić information content (AvgIpc) is 2.66. The van der Waals surface area contributed by atoms with Crippen molar-refractivity contribution in [1.29, 1.82) is 0 Å². The van der Waals surface area contributed by atoms with Crippen molar-refractivity contribution in [2.75, 3.05) is 24.0 Å². The van der Waals surface area contributed by atoms with Gasteiger partial charge in [-0.1, -0.05) is 22.0 Å². The molecule has 0 unspecified atom stereocenters. The molecule has 0 bridgehead atoms. The fourth-order valence-electron chi connectivity index (χ4n) is 2.88. The van der Waals surface area contributed by atoms with Crippen molar-refractivity contribution < 1.29 is 22.7 Å². The number of likely N-dealkylation sites (N-methyl/N-ethyl adjacent to an activating group) is 1. The zero-order chi connectivity index (χ0) is 22.3. The van der Waals surface area contributed by atoms with Gasteiger partial charge in [0.25, 0.3) is 15.9 Å². The molecule has 2 rings (SSSR count). The van der Waals surface area contributed by atoms with Crippen LogP contribution in [0, 0.1) is 13.8 Å². The first kappa shape index (κ1) is 23.9. The smallest absolute Gasteiger partial charge is 0.308 e. The Balaban J connectivity index is 2.27. The van der Waals surface area contributed by atoms with E-state index in [1.54, 1.807) is 31.2 Å². The lowest BCUT2D eigenvalue weighted by molar-refractivity contribution is -0.148. The first-order chi connectivity index (χ1) is 14.1. The molecule has 1 N–H and O–H groups in total. The molecule has 0 aromatic heterocycles. The van der Waals surface area contributed by atoms with Crippen LogP contribution in [-0.4, -0.2) is 40.0 Å². The summed E-state index contributed by atoms with van der Waals surface area (Å²) in [5.74, 6) is -1.05. The van der Waals surface area contributed by atoms with Crippen LogP contribution in [-0.2, 0) is 24.3 Å². The second kappa shape index (κ2) is 10.6. The molecule has 0 atom stereocenters. The number of benzene rings is 2. The zero-order valence-corrected chi connectivity index (χ0v) is 19.5. The summed E-state index contributed by atoms with van der Waals surface area (Å²) in [6.07, 6.45) is -0.192. The van der Waals surface area contributed by atoms with Gasteiger partial charge in [-0.15, -0.1) is 0 Å². The van der Waals surface area contributed by atoms with Gasteiger partial charge < -0.3 is 10.1 Å². The topological polar surface area (TPSA) is 92.8 Å². The molecule has 2 aromatic rings. The monoisotopic (exact) mass is 496 g/mol. The number of halogens is 1. The highest BCUT2D eigenvalue weighted by Crippen LogP contribution is 2.27. The SMILES string of the molecule is CCNC(=O)COC(=O)CCN(c1cc(C)cc(C)c1)S(=O)(=O)c1ccc(Br)cc1. The van der Waals surface area contributed by atoms with Crippen LogP contribution in [0.5, 0.6) is 0 Å². The fraction of sp³-hybridized carbons (Fsp3) is 0.333. The number of carbonyl (C=O) groups is 2. The number of hydrogen-bond donors (Lipinski definition) is 1. The van der Waals surface area contributed by atoms with Gasteiger partial charge in [-0.2, -0.15) is 0 Å². The van der Waals surface area contributed by atoms with Gasteiger partial charge in [0.2, 0.25) is 0 Å². The van der Waals surface area contributed by atoms with Crippen LogP contribution in [0.2, 0.25) is 0 Å². The molecule has 0 heterocycles. The molecule has 0 radical (unpaired) electrons. The molecular weight excluding hydrogens is 472 g/mol. The maximum Gasteiger partial charge on any atom is 0.308 e. The van der Waals surface area contributed by atoms with E-state index < -0.39 is 28.5 Å². The van der Waals surface area contributed by atoms with Crippen LogP contribution in [0.3, 0.4) is 0 Å². The van der Waals surface area contributed by atoms with E-state index >= 15 is 0 Å². The largest absolute Gasteiger partial charge is 0.456 e. The first-order valence-electron chi connectivity index (χ1n) is 9.42. The van der Waals surface area contributed by atoms with Crippen LogP contribution in [0.15, 0.2) is 51.8 Å². The van der Waals surface area contributed by atoms with E-state index in [2.05, 4.69) is 21.2 Å². The summed E-state index contributed by atoms with van der Waals surface area (Å²) < 4.78 is 33.6. The van der Waals surface area contributed by atoms with Crippen molar-refractivity contribution in [3.8, 4) is 0 Å². The molecule has 0 fully saturated rings. The number of aryl methyl sites for hydroxylation is 2. The summed E-state index contributed by atoms with van der Waals surface area (Å²) >= 11 is 3.30. The van der Waals surface area contributed by atoms with E-state index in [4.69, 9.17) is 4.74 Å². The number of amides is 1. The third kappa shape index (κ3) is 6.56. The van der Waals surface area contributed by atoms with Crippen LogP contribution in [0.25, 0.3) is 0 Å². The van der Waals surface area contributed by atoms with Gasteiger partial charge in [0.05, 0.1) is 17.0 Å². The Morgan fingerprint density at radius 2 is 1.67 bits per heavy atom. The molecule has 0 aliphatic carbocycles. The Labute approximate surface area is 185 Å². The Bertz CT molecular complexity index is 986. The highest BCUT2D eigenvalue weighted by Gasteiger charge is 2.26. The number of ether oxygens (including phenoxy) is 1. The number of hydrogen-bond acceptors (Lipinski definition) is 5. The molecule has 2 aromatic carbocycles. The molecule has 0 saturated heterocycles. The van der Waals surface area contributed by atoms with E-state index in [9.17, 15) is 18.0 Å². The number of sulfonamides is 1. The maximum absolute atomic E-state index is 13.3. The van der Waals surface area contributed by atoms with Crippen molar-refractivity contribution in [2.45, 2.75) is 32.1 Å². The van der Waals surface area contributed by atoms with Gasteiger partial charge in [0.1, 0.15) is 0 Å². The number of esters is 1. The van der Waals surface area contributed by atoms with Crippen LogP contribution < -0.4 is 9.62 Å². The van der Waals surface area contributed by atoms with Gasteiger partial charge in [-0.25, -0.2) is 8.42 Å². The maximum atomic E-state index is 13.3. The molecule has 0 aliphatic heterocycles. The summed E-state index contributed by atoms with van der Waals surface area (Å²) in [5, 5.41) is 2.53. The molecule has 30 heavy (non-hydrogen) atoms. The number of anilines is 1. The summed E-state index contributed by atoms with van der Waals surface area (Å²) in [6, 6.07) is 11.7. The van der Waals surface area contributed by atoms with Crippen molar-refractivity contribution in [1.82, 2.24) is 5.32 Å². The number of nitrogens with zero attached hydrogens (tertiary/aromatic N) is 1. The Morgan fingerprint density at radius 3 is 2.23 bits per heavy atom. The van der Waals surface area contributed by atoms with Crippen LogP contribution >= 0.6 is 15.9 Å². The van der Waals surface area contributed by atoms with Gasteiger partial charge in [-0.05, 0) is 68.3 Å². The van der Waals surface area contributed by atoms with Gasteiger partial charge in [0.15, 0.2) is 6.61 Å². The quantitative estimate of drug-likeness (QED) is 0.537. The Kier molecular flexibility index (Phi) is 8.43. The van der Waals surface area contributed by atoms with Gasteiger partial charge in [0, 0.05) is 17.6 Å². The summed E-state index contributed by atoms with van der Waals surface area (Å²) in [7, 11) is -3.91. The Hall–Kier alpha value is -2.39. The average molecular weight is 497 g/mol. The van der Waals surface area contributed by atoms with E-state index in [0.29, 0.717) is 12.2 Å². The Morgan fingerprint density at radius 1 is 1.07 bits per heavy atom. The summed E-state index contributed by atoms with van der Waals surface area (Å²) in [5.41, 5.74) is 2.27. The number of carbonyl (C=O) groups excluding carboxylic acids is 2. The number of rotatable bonds is 9. The first-order valence-corrected chi connectivity index (χ1v) is 11.7. The summed E-state index contributed by atoms with van der Waals surface area (Å²) in [6.45, 7) is 5.44. The van der Waals surface area contributed by atoms with E-state index in [-0.39, 0.29) is 17.9 Å². The van der Waals surface area contributed by atoms with E-state index in [1.807, 2.05) is 19.9 Å². The van der Waals surface area contributed by atoms with E-state index in [0.717, 1.165) is 15.6 Å². The molecule has 7 nitrogen and oxygen atoms in total. The molecular formula is C21H25BrN2O5S. The molecule has 9 heteroatoms. The van der Waals surface area contributed by atoms with Crippen molar-refractivity contribution >= 4 is 43.5 Å².